The van der Waals surface area contributed by atoms with Gasteiger partial charge in [-0.1, -0.05) is 20.3 Å². The molecule has 2 rings (SSSR count). The van der Waals surface area contributed by atoms with Crippen LogP contribution in [0.15, 0.2) is 0 Å². The van der Waals surface area contributed by atoms with Gasteiger partial charge in [-0.2, -0.15) is 0 Å². The summed E-state index contributed by atoms with van der Waals surface area (Å²) in [4.78, 5) is 2.64. The van der Waals surface area contributed by atoms with Gasteiger partial charge in [0, 0.05) is 0 Å². The van der Waals surface area contributed by atoms with Crippen molar-refractivity contribution in [2.24, 2.45) is 11.8 Å². The summed E-state index contributed by atoms with van der Waals surface area (Å²) in [5.41, 5.74) is 0. The lowest BCUT2D eigenvalue weighted by Gasteiger charge is -2.46. The Balaban J connectivity index is 1.76. The first kappa shape index (κ1) is 17.3. The van der Waals surface area contributed by atoms with E-state index in [-0.39, 0.29) is 0 Å². The van der Waals surface area contributed by atoms with Crippen LogP contribution in [-0.4, -0.2) is 55.2 Å². The highest BCUT2D eigenvalue weighted by molar-refractivity contribution is 4.79. The third-order valence-electron chi connectivity index (χ3n) is 6.60. The standard InChI is InChI=1S/C19H39N2/c1-4-7-8-15-21(6-3)16-11-19(12-17-21)18-9-13-20(5-2)14-10-18/h18-19H,4-17H2,1-3H3/q+1. The summed E-state index contributed by atoms with van der Waals surface area (Å²) in [7, 11) is 0. The molecule has 0 unspecified atom stereocenters. The number of hydrogen-bond acceptors (Lipinski definition) is 1. The van der Waals surface area contributed by atoms with Gasteiger partial charge in [0.1, 0.15) is 0 Å². The summed E-state index contributed by atoms with van der Waals surface area (Å²) in [5.74, 6) is 2.09. The van der Waals surface area contributed by atoms with E-state index < -0.39 is 0 Å². The molecule has 2 fully saturated rings. The van der Waals surface area contributed by atoms with Crippen molar-refractivity contribution in [1.29, 1.82) is 0 Å². The smallest absolute Gasteiger partial charge is 0.0789 e. The molecule has 0 N–H and O–H groups in total. The maximum Gasteiger partial charge on any atom is 0.0789 e. The highest BCUT2D eigenvalue weighted by Crippen LogP contribution is 2.34. The van der Waals surface area contributed by atoms with Crippen LogP contribution in [0.2, 0.25) is 0 Å². The highest BCUT2D eigenvalue weighted by Gasteiger charge is 2.36. The van der Waals surface area contributed by atoms with Crippen molar-refractivity contribution in [3.8, 4) is 0 Å². The molecule has 2 aliphatic rings. The van der Waals surface area contributed by atoms with E-state index in [9.17, 15) is 0 Å². The largest absolute Gasteiger partial charge is 0.324 e. The number of piperidine rings is 2. The number of quaternary nitrogens is 1. The van der Waals surface area contributed by atoms with Crippen LogP contribution in [0.3, 0.4) is 0 Å². The zero-order chi connectivity index (χ0) is 15.1. The van der Waals surface area contributed by atoms with E-state index >= 15 is 0 Å². The fraction of sp³-hybridized carbons (Fsp3) is 1.00. The molecular formula is C19H39N2+. The summed E-state index contributed by atoms with van der Waals surface area (Å²) < 4.78 is 1.43. The Morgan fingerprint density at radius 3 is 2.00 bits per heavy atom. The van der Waals surface area contributed by atoms with Gasteiger partial charge in [-0.05, 0) is 76.9 Å². The Hall–Kier alpha value is -0.0800. The second-order valence-electron chi connectivity index (χ2n) is 7.64. The van der Waals surface area contributed by atoms with Crippen molar-refractivity contribution < 1.29 is 4.48 Å². The molecule has 0 spiro atoms. The normalized spacial score (nSPS) is 32.4. The van der Waals surface area contributed by atoms with Gasteiger partial charge in [0.25, 0.3) is 0 Å². The lowest BCUT2D eigenvalue weighted by Crippen LogP contribution is -2.54. The van der Waals surface area contributed by atoms with Gasteiger partial charge >= 0.3 is 0 Å². The Morgan fingerprint density at radius 2 is 1.48 bits per heavy atom. The van der Waals surface area contributed by atoms with Gasteiger partial charge in [-0.15, -0.1) is 0 Å². The monoisotopic (exact) mass is 295 g/mol. The molecule has 0 amide bonds. The highest BCUT2D eigenvalue weighted by atomic mass is 15.3. The van der Waals surface area contributed by atoms with Gasteiger partial charge in [-0.3, -0.25) is 0 Å². The lowest BCUT2D eigenvalue weighted by molar-refractivity contribution is -0.932. The Kier molecular flexibility index (Phi) is 7.01. The molecule has 2 heterocycles. The minimum atomic E-state index is 1.04. The van der Waals surface area contributed by atoms with Crippen LogP contribution in [0, 0.1) is 11.8 Å². The van der Waals surface area contributed by atoms with Gasteiger partial charge < -0.3 is 9.38 Å². The fourth-order valence-electron chi connectivity index (χ4n) is 4.74. The minimum absolute atomic E-state index is 1.04. The molecule has 0 saturated carbocycles. The second kappa shape index (κ2) is 8.53. The lowest BCUT2D eigenvalue weighted by atomic mass is 9.78. The summed E-state index contributed by atoms with van der Waals surface area (Å²) in [6.45, 7) is 16.8. The van der Waals surface area contributed by atoms with Crippen molar-refractivity contribution in [3.63, 3.8) is 0 Å². The van der Waals surface area contributed by atoms with Crippen molar-refractivity contribution >= 4 is 0 Å². The van der Waals surface area contributed by atoms with Crippen LogP contribution in [0.4, 0.5) is 0 Å². The van der Waals surface area contributed by atoms with Crippen LogP contribution >= 0.6 is 0 Å². The zero-order valence-electron chi connectivity index (χ0n) is 14.9. The predicted octanol–water partition coefficient (Wildman–Crippen LogP) is 4.16. The average Bonchev–Trinajstić information content (AvgIpc) is 2.56. The fourth-order valence-corrected chi connectivity index (χ4v) is 4.74. The van der Waals surface area contributed by atoms with Crippen molar-refractivity contribution in [1.82, 2.24) is 4.90 Å². The first-order chi connectivity index (χ1) is 10.2. The molecule has 0 aromatic rings. The van der Waals surface area contributed by atoms with Gasteiger partial charge in [0.05, 0.1) is 26.2 Å². The molecular weight excluding hydrogens is 256 g/mol. The van der Waals surface area contributed by atoms with E-state index in [1.807, 2.05) is 0 Å². The number of likely N-dealkylation sites (tertiary alicyclic amines) is 2. The van der Waals surface area contributed by atoms with Crippen LogP contribution < -0.4 is 0 Å². The molecule has 0 atom stereocenters. The van der Waals surface area contributed by atoms with E-state index in [2.05, 4.69) is 25.7 Å². The molecule has 0 aromatic carbocycles. The quantitative estimate of drug-likeness (QED) is 0.504. The average molecular weight is 296 g/mol. The van der Waals surface area contributed by atoms with Crippen LogP contribution in [0.5, 0.6) is 0 Å². The summed E-state index contributed by atoms with van der Waals surface area (Å²) in [6, 6.07) is 0. The number of unbranched alkanes of at least 4 members (excludes halogenated alkanes) is 2. The van der Waals surface area contributed by atoms with Crippen molar-refractivity contribution in [3.05, 3.63) is 0 Å². The Bertz CT molecular complexity index is 273. The van der Waals surface area contributed by atoms with Gasteiger partial charge in [-0.25, -0.2) is 0 Å². The summed E-state index contributed by atoms with van der Waals surface area (Å²) in [5, 5.41) is 0. The molecule has 2 saturated heterocycles. The topological polar surface area (TPSA) is 3.24 Å². The van der Waals surface area contributed by atoms with Crippen molar-refractivity contribution in [2.75, 3.05) is 45.8 Å². The molecule has 2 nitrogen and oxygen atoms in total. The molecule has 2 aliphatic heterocycles. The minimum Gasteiger partial charge on any atom is -0.324 e. The molecule has 124 valence electrons. The Morgan fingerprint density at radius 1 is 0.857 bits per heavy atom. The summed E-state index contributed by atoms with van der Waals surface area (Å²) >= 11 is 0. The van der Waals surface area contributed by atoms with E-state index in [0.717, 1.165) is 11.8 Å². The first-order valence-corrected chi connectivity index (χ1v) is 9.80. The number of nitrogens with zero attached hydrogens (tertiary/aromatic N) is 2. The maximum atomic E-state index is 2.64. The van der Waals surface area contributed by atoms with E-state index in [1.54, 1.807) is 0 Å². The molecule has 0 aliphatic carbocycles. The first-order valence-electron chi connectivity index (χ1n) is 9.80. The molecule has 0 aromatic heterocycles. The zero-order valence-corrected chi connectivity index (χ0v) is 14.9. The third kappa shape index (κ3) is 4.69. The predicted molar refractivity (Wildman–Crippen MR) is 92.5 cm³/mol. The SMILES string of the molecule is CCCCC[N+]1(CC)CCC(C2CCN(CC)CC2)CC1. The Labute approximate surface area is 133 Å². The van der Waals surface area contributed by atoms with Crippen LogP contribution in [0.1, 0.15) is 65.7 Å². The second-order valence-corrected chi connectivity index (χ2v) is 7.64. The number of rotatable bonds is 7. The van der Waals surface area contributed by atoms with E-state index in [1.165, 1.54) is 95.2 Å². The van der Waals surface area contributed by atoms with Gasteiger partial charge in [0.2, 0.25) is 0 Å². The molecule has 0 bridgehead atoms. The van der Waals surface area contributed by atoms with E-state index in [0.29, 0.717) is 0 Å². The van der Waals surface area contributed by atoms with E-state index in [4.69, 9.17) is 0 Å². The molecule has 2 heteroatoms. The van der Waals surface area contributed by atoms with Crippen LogP contribution in [0.25, 0.3) is 0 Å². The number of hydrogen-bond donors (Lipinski definition) is 0. The third-order valence-corrected chi connectivity index (χ3v) is 6.60. The summed E-state index contributed by atoms with van der Waals surface area (Å²) in [6.07, 6.45) is 10.2. The van der Waals surface area contributed by atoms with Crippen molar-refractivity contribution in [2.45, 2.75) is 65.7 Å². The molecule has 0 radical (unpaired) electrons. The van der Waals surface area contributed by atoms with Gasteiger partial charge in [0.15, 0.2) is 0 Å². The van der Waals surface area contributed by atoms with Crippen LogP contribution in [-0.2, 0) is 0 Å². The molecule has 21 heavy (non-hydrogen) atoms. The maximum absolute atomic E-state index is 2.64.